The van der Waals surface area contributed by atoms with E-state index in [9.17, 15) is 18.0 Å². The minimum absolute atomic E-state index is 0.0232. The number of nitrogens with one attached hydrogen (secondary N) is 1. The Labute approximate surface area is 196 Å². The normalized spacial score (nSPS) is 14.1. The molecule has 1 N–H and O–H groups in total. The van der Waals surface area contributed by atoms with Crippen molar-refractivity contribution in [2.75, 3.05) is 5.32 Å². The molecule has 4 rings (SSSR count). The standard InChI is InChI=1S/C20H17Cl3F3N5O/c21-13-4-1-11(7-14(13)22)9-30-10-15(23)19(29-30)27-18(32)5-6-31-16(12-2-3-12)8-17(28-31)20(24,25)26/h1,4,7-8,10,12H,2-3,5-6,9H2,(H,27,29,32). The van der Waals surface area contributed by atoms with Crippen LogP contribution in [0.4, 0.5) is 19.0 Å². The molecular formula is C20H17Cl3F3N5O. The second-order valence-corrected chi connectivity index (χ2v) is 8.74. The predicted octanol–water partition coefficient (Wildman–Crippen LogP) is 6.01. The van der Waals surface area contributed by atoms with E-state index in [0.29, 0.717) is 22.3 Å². The van der Waals surface area contributed by atoms with Crippen LogP contribution < -0.4 is 5.32 Å². The molecule has 3 aromatic rings. The second kappa shape index (κ2) is 8.96. The lowest BCUT2D eigenvalue weighted by molar-refractivity contribution is -0.141. The van der Waals surface area contributed by atoms with Gasteiger partial charge in [0.1, 0.15) is 5.02 Å². The predicted molar refractivity (Wildman–Crippen MR) is 115 cm³/mol. The summed E-state index contributed by atoms with van der Waals surface area (Å²) in [7, 11) is 0. The van der Waals surface area contributed by atoms with Crippen molar-refractivity contribution >= 4 is 46.5 Å². The van der Waals surface area contributed by atoms with Gasteiger partial charge in [0, 0.05) is 30.8 Å². The highest BCUT2D eigenvalue weighted by Gasteiger charge is 2.37. The molecule has 0 unspecified atom stereocenters. The van der Waals surface area contributed by atoms with E-state index in [4.69, 9.17) is 34.8 Å². The van der Waals surface area contributed by atoms with E-state index in [-0.39, 0.29) is 29.7 Å². The van der Waals surface area contributed by atoms with Gasteiger partial charge in [-0.15, -0.1) is 0 Å². The molecule has 0 bridgehead atoms. The van der Waals surface area contributed by atoms with Crippen molar-refractivity contribution in [2.45, 2.75) is 44.4 Å². The number of anilines is 1. The van der Waals surface area contributed by atoms with E-state index in [1.807, 2.05) is 0 Å². The van der Waals surface area contributed by atoms with Crippen LogP contribution >= 0.6 is 34.8 Å². The van der Waals surface area contributed by atoms with Crippen LogP contribution in [-0.2, 0) is 24.1 Å². The fourth-order valence-corrected chi connectivity index (χ4v) is 3.76. The van der Waals surface area contributed by atoms with Crippen LogP contribution in [0.3, 0.4) is 0 Å². The van der Waals surface area contributed by atoms with Crippen LogP contribution in [0.15, 0.2) is 30.5 Å². The Bertz CT molecular complexity index is 1150. The third-order valence-electron chi connectivity index (χ3n) is 4.95. The lowest BCUT2D eigenvalue weighted by atomic mass is 10.2. The Kier molecular flexibility index (Phi) is 6.42. The zero-order valence-corrected chi connectivity index (χ0v) is 18.7. The van der Waals surface area contributed by atoms with E-state index in [1.165, 1.54) is 9.36 Å². The summed E-state index contributed by atoms with van der Waals surface area (Å²) in [5, 5.41) is 11.6. The Morgan fingerprint density at radius 3 is 2.50 bits per heavy atom. The van der Waals surface area contributed by atoms with Crippen LogP contribution in [0.5, 0.6) is 0 Å². The molecule has 1 amide bonds. The number of benzene rings is 1. The van der Waals surface area contributed by atoms with Gasteiger partial charge in [-0.1, -0.05) is 40.9 Å². The maximum Gasteiger partial charge on any atom is 0.435 e. The van der Waals surface area contributed by atoms with Crippen molar-refractivity contribution in [3.05, 3.63) is 62.5 Å². The lowest BCUT2D eigenvalue weighted by Gasteiger charge is -2.07. The van der Waals surface area contributed by atoms with Crippen LogP contribution in [0, 0.1) is 0 Å². The van der Waals surface area contributed by atoms with Crippen molar-refractivity contribution in [1.29, 1.82) is 0 Å². The molecule has 1 aromatic carbocycles. The van der Waals surface area contributed by atoms with Crippen LogP contribution in [0.25, 0.3) is 0 Å². The summed E-state index contributed by atoms with van der Waals surface area (Å²) in [5.74, 6) is -0.207. The molecule has 1 aliphatic rings. The number of alkyl halides is 3. The van der Waals surface area contributed by atoms with Gasteiger partial charge in [0.15, 0.2) is 11.5 Å². The molecule has 0 atom stereocenters. The van der Waals surface area contributed by atoms with Crippen LogP contribution in [0.2, 0.25) is 15.1 Å². The Balaban J connectivity index is 1.38. The average Bonchev–Trinajstić information content (AvgIpc) is 3.36. The number of rotatable bonds is 7. The number of carbonyl (C=O) groups excluding carboxylic acids is 1. The number of hydrogen-bond acceptors (Lipinski definition) is 3. The van der Waals surface area contributed by atoms with E-state index in [0.717, 1.165) is 24.5 Å². The molecule has 0 saturated heterocycles. The lowest BCUT2D eigenvalue weighted by Crippen LogP contribution is -2.17. The summed E-state index contributed by atoms with van der Waals surface area (Å²) in [6.45, 7) is 0.375. The van der Waals surface area contributed by atoms with Crippen LogP contribution in [0.1, 0.15) is 42.1 Å². The van der Waals surface area contributed by atoms with Gasteiger partial charge in [-0.25, -0.2) is 0 Å². The number of aryl methyl sites for hydroxylation is 1. The molecule has 32 heavy (non-hydrogen) atoms. The molecule has 0 radical (unpaired) electrons. The first kappa shape index (κ1) is 22.9. The fraction of sp³-hybridized carbons (Fsp3) is 0.350. The van der Waals surface area contributed by atoms with Gasteiger partial charge in [0.25, 0.3) is 0 Å². The first-order valence-electron chi connectivity index (χ1n) is 9.72. The van der Waals surface area contributed by atoms with Gasteiger partial charge in [0.2, 0.25) is 5.91 Å². The molecule has 170 valence electrons. The Hall–Kier alpha value is -2.23. The molecule has 2 aromatic heterocycles. The van der Waals surface area contributed by atoms with Gasteiger partial charge in [-0.3, -0.25) is 14.2 Å². The third kappa shape index (κ3) is 5.39. The summed E-state index contributed by atoms with van der Waals surface area (Å²) < 4.78 is 41.8. The van der Waals surface area contributed by atoms with E-state index < -0.39 is 17.8 Å². The highest BCUT2D eigenvalue weighted by atomic mass is 35.5. The molecule has 1 aliphatic carbocycles. The zero-order chi connectivity index (χ0) is 23.0. The molecule has 12 heteroatoms. The summed E-state index contributed by atoms with van der Waals surface area (Å²) in [6, 6.07) is 6.23. The van der Waals surface area contributed by atoms with Gasteiger partial charge < -0.3 is 5.32 Å². The topological polar surface area (TPSA) is 64.7 Å². The van der Waals surface area contributed by atoms with Gasteiger partial charge in [-0.05, 0) is 36.6 Å². The van der Waals surface area contributed by atoms with Crippen molar-refractivity contribution in [3.8, 4) is 0 Å². The number of amides is 1. The smallest absolute Gasteiger partial charge is 0.308 e. The summed E-state index contributed by atoms with van der Waals surface area (Å²) >= 11 is 18.1. The largest absolute Gasteiger partial charge is 0.435 e. The third-order valence-corrected chi connectivity index (χ3v) is 5.97. The van der Waals surface area contributed by atoms with Crippen LogP contribution in [-0.4, -0.2) is 25.5 Å². The van der Waals surface area contributed by atoms with Crippen molar-refractivity contribution in [2.24, 2.45) is 0 Å². The average molecular weight is 507 g/mol. The van der Waals surface area contributed by atoms with Gasteiger partial charge in [0.05, 0.1) is 16.6 Å². The number of hydrogen-bond donors (Lipinski definition) is 1. The second-order valence-electron chi connectivity index (χ2n) is 7.52. The van der Waals surface area contributed by atoms with Gasteiger partial charge in [-0.2, -0.15) is 23.4 Å². The summed E-state index contributed by atoms with van der Waals surface area (Å²) in [5.41, 5.74) is 0.404. The highest BCUT2D eigenvalue weighted by molar-refractivity contribution is 6.42. The number of halogens is 6. The molecule has 6 nitrogen and oxygen atoms in total. The Morgan fingerprint density at radius 2 is 1.84 bits per heavy atom. The zero-order valence-electron chi connectivity index (χ0n) is 16.5. The molecule has 0 spiro atoms. The first-order valence-corrected chi connectivity index (χ1v) is 10.8. The molecular weight excluding hydrogens is 490 g/mol. The van der Waals surface area contributed by atoms with E-state index in [1.54, 1.807) is 24.4 Å². The number of nitrogens with zero attached hydrogens (tertiary/aromatic N) is 4. The molecule has 0 aliphatic heterocycles. The summed E-state index contributed by atoms with van der Waals surface area (Å²) in [6.07, 6.45) is -1.41. The quantitative estimate of drug-likeness (QED) is 0.427. The molecule has 1 fully saturated rings. The van der Waals surface area contributed by atoms with Gasteiger partial charge >= 0.3 is 6.18 Å². The SMILES string of the molecule is O=C(CCn1nc(C(F)(F)F)cc1C1CC1)Nc1nn(Cc2ccc(Cl)c(Cl)c2)cc1Cl. The fourth-order valence-electron chi connectivity index (χ4n) is 3.25. The van der Waals surface area contributed by atoms with Crippen molar-refractivity contribution in [3.63, 3.8) is 0 Å². The maximum atomic E-state index is 13.0. The minimum atomic E-state index is -4.52. The van der Waals surface area contributed by atoms with E-state index in [2.05, 4.69) is 15.5 Å². The van der Waals surface area contributed by atoms with Crippen molar-refractivity contribution < 1.29 is 18.0 Å². The maximum absolute atomic E-state index is 13.0. The number of carbonyl (C=O) groups is 1. The highest BCUT2D eigenvalue weighted by Crippen LogP contribution is 2.42. The minimum Gasteiger partial charge on any atom is -0.308 e. The molecule has 2 heterocycles. The Morgan fingerprint density at radius 1 is 1.09 bits per heavy atom. The summed E-state index contributed by atoms with van der Waals surface area (Å²) in [4.78, 5) is 12.4. The number of aromatic nitrogens is 4. The first-order chi connectivity index (χ1) is 15.1. The van der Waals surface area contributed by atoms with Crippen molar-refractivity contribution in [1.82, 2.24) is 19.6 Å². The monoisotopic (exact) mass is 505 g/mol. The van der Waals surface area contributed by atoms with E-state index >= 15 is 0 Å². The molecule has 1 saturated carbocycles.